The van der Waals surface area contributed by atoms with E-state index in [0.717, 1.165) is 16.7 Å². The van der Waals surface area contributed by atoms with E-state index in [4.69, 9.17) is 20.8 Å². The van der Waals surface area contributed by atoms with Gasteiger partial charge in [0.25, 0.3) is 11.7 Å². The molecule has 0 aliphatic carbocycles. The number of imide groups is 1. The number of urea groups is 1. The van der Waals surface area contributed by atoms with Crippen molar-refractivity contribution in [2.75, 3.05) is 32.3 Å². The highest BCUT2D eigenvalue weighted by Gasteiger charge is 2.49. The maximum absolute atomic E-state index is 12.9. The number of rotatable bonds is 5. The molecule has 0 fully saturated rings. The molecule has 10 nitrogen and oxygen atoms in total. The fourth-order valence-electron chi connectivity index (χ4n) is 3.31. The third-order valence-electron chi connectivity index (χ3n) is 4.97. The van der Waals surface area contributed by atoms with Crippen LogP contribution in [0.1, 0.15) is 5.76 Å². The number of furan rings is 1. The second kappa shape index (κ2) is 9.20. The monoisotopic (exact) mass is 488 g/mol. The SMILES string of the molecule is COc1ccc(Cl)cc1NC(=O)CSC1=NC(c2ccco2)=NC2=[N+](C)C(=O)N(C)C(=O)C12. The summed E-state index contributed by atoms with van der Waals surface area (Å²) in [5.41, 5.74) is 0.421. The molecular formula is C21H19ClN5O5S+. The normalized spacial score (nSPS) is 18.1. The first-order valence-corrected chi connectivity index (χ1v) is 11.1. The molecule has 1 N–H and O–H groups in total. The number of hydrogen-bond acceptors (Lipinski definition) is 8. The van der Waals surface area contributed by atoms with Crippen molar-refractivity contribution in [2.45, 2.75) is 0 Å². The molecular weight excluding hydrogens is 470 g/mol. The minimum atomic E-state index is -0.907. The molecule has 1 aromatic carbocycles. The first-order chi connectivity index (χ1) is 15.8. The van der Waals surface area contributed by atoms with Gasteiger partial charge in [0, 0.05) is 5.02 Å². The topological polar surface area (TPSA) is 117 Å². The molecule has 170 valence electrons. The number of amides is 4. The number of thioether (sulfide) groups is 1. The lowest BCUT2D eigenvalue weighted by molar-refractivity contribution is -0.407. The van der Waals surface area contributed by atoms with E-state index in [1.54, 1.807) is 30.3 Å². The highest BCUT2D eigenvalue weighted by molar-refractivity contribution is 8.14. The van der Waals surface area contributed by atoms with Crippen LogP contribution in [0.15, 0.2) is 51.0 Å². The quantitative estimate of drug-likeness (QED) is 0.647. The summed E-state index contributed by atoms with van der Waals surface area (Å²) in [7, 11) is 4.41. The number of carbonyl (C=O) groups excluding carboxylic acids is 3. The molecule has 0 radical (unpaired) electrons. The number of fused-ring (bicyclic) bond motifs is 1. The molecule has 12 heteroatoms. The Bertz CT molecular complexity index is 1240. The van der Waals surface area contributed by atoms with Gasteiger partial charge in [-0.2, -0.15) is 9.48 Å². The lowest BCUT2D eigenvalue weighted by Crippen LogP contribution is -2.54. The number of halogens is 1. The summed E-state index contributed by atoms with van der Waals surface area (Å²) in [6.45, 7) is 0. The third-order valence-corrected chi connectivity index (χ3v) is 6.23. The summed E-state index contributed by atoms with van der Waals surface area (Å²) in [5, 5.41) is 3.52. The molecule has 0 saturated heterocycles. The first kappa shape index (κ1) is 22.7. The zero-order valence-corrected chi connectivity index (χ0v) is 19.4. The lowest BCUT2D eigenvalue weighted by atomic mass is 10.0. The van der Waals surface area contributed by atoms with Gasteiger partial charge in [-0.1, -0.05) is 28.4 Å². The number of methoxy groups -OCH3 is 1. The molecule has 2 aromatic rings. The van der Waals surface area contributed by atoms with Crippen molar-refractivity contribution in [1.29, 1.82) is 0 Å². The highest BCUT2D eigenvalue weighted by atomic mass is 35.5. The maximum Gasteiger partial charge on any atom is 0.445 e. The van der Waals surface area contributed by atoms with Crippen molar-refractivity contribution < 1.29 is 28.1 Å². The standard InChI is InChI=1S/C21H18ClN5O5S/c1-26-18-16(20(29)27(2)21(26)30)19(25-17(24-18)14-5-4-8-32-14)33-10-15(28)23-12-9-11(22)6-7-13(12)31-3/h4-9,16H,10H2,1-3H3/p+1. The Hall–Kier alpha value is -3.44. The van der Waals surface area contributed by atoms with Crippen LogP contribution in [-0.2, 0) is 9.59 Å². The average Bonchev–Trinajstić information content (AvgIpc) is 3.34. The molecule has 2 aliphatic rings. The smallest absolute Gasteiger partial charge is 0.445 e. The molecule has 1 aromatic heterocycles. The van der Waals surface area contributed by atoms with Crippen LogP contribution in [0.3, 0.4) is 0 Å². The van der Waals surface area contributed by atoms with Gasteiger partial charge in [0.15, 0.2) is 11.7 Å². The van der Waals surface area contributed by atoms with Gasteiger partial charge in [0.05, 0.1) is 38.9 Å². The van der Waals surface area contributed by atoms with Crippen LogP contribution in [0.2, 0.25) is 5.02 Å². The number of benzene rings is 1. The van der Waals surface area contributed by atoms with Crippen LogP contribution in [0.25, 0.3) is 0 Å². The molecule has 1 atom stereocenters. The van der Waals surface area contributed by atoms with E-state index in [0.29, 0.717) is 27.3 Å². The number of carbonyl (C=O) groups is 3. The van der Waals surface area contributed by atoms with Crippen molar-refractivity contribution in [3.8, 4) is 5.75 Å². The van der Waals surface area contributed by atoms with Crippen LogP contribution in [0, 0.1) is 5.92 Å². The Balaban J connectivity index is 1.61. The number of amidine groups is 2. The number of hydrogen-bond donors (Lipinski definition) is 1. The van der Waals surface area contributed by atoms with Crippen molar-refractivity contribution in [3.05, 3.63) is 47.4 Å². The van der Waals surface area contributed by atoms with E-state index >= 15 is 0 Å². The molecule has 3 heterocycles. The van der Waals surface area contributed by atoms with Crippen LogP contribution < -0.4 is 10.1 Å². The highest BCUT2D eigenvalue weighted by Crippen LogP contribution is 2.29. The van der Waals surface area contributed by atoms with Crippen molar-refractivity contribution in [2.24, 2.45) is 15.9 Å². The molecule has 0 spiro atoms. The van der Waals surface area contributed by atoms with Crippen LogP contribution >= 0.6 is 23.4 Å². The lowest BCUT2D eigenvalue weighted by Gasteiger charge is -2.26. The first-order valence-electron chi connectivity index (χ1n) is 9.69. The summed E-state index contributed by atoms with van der Waals surface area (Å²) in [6.07, 6.45) is 1.47. The fraction of sp³-hybridized carbons (Fsp3) is 0.238. The van der Waals surface area contributed by atoms with Gasteiger partial charge >= 0.3 is 11.9 Å². The summed E-state index contributed by atoms with van der Waals surface area (Å²) in [5.74, 6) is -0.523. The second-order valence-corrected chi connectivity index (χ2v) is 8.51. The van der Waals surface area contributed by atoms with Gasteiger partial charge in [-0.25, -0.2) is 9.79 Å². The van der Waals surface area contributed by atoms with Crippen molar-refractivity contribution >= 4 is 63.6 Å². The minimum Gasteiger partial charge on any atom is -0.495 e. The molecule has 4 amide bonds. The number of ether oxygens (including phenoxy) is 1. The third kappa shape index (κ3) is 4.41. The van der Waals surface area contributed by atoms with E-state index in [1.165, 1.54) is 32.0 Å². The number of nitrogens with one attached hydrogen (secondary N) is 1. The molecule has 4 rings (SSSR count). The van der Waals surface area contributed by atoms with Crippen LogP contribution in [0.5, 0.6) is 5.75 Å². The average molecular weight is 489 g/mol. The van der Waals surface area contributed by atoms with Gasteiger partial charge in [-0.15, -0.1) is 0 Å². The Morgan fingerprint density at radius 1 is 1.33 bits per heavy atom. The van der Waals surface area contributed by atoms with E-state index in [1.807, 2.05) is 0 Å². The minimum absolute atomic E-state index is 0.0572. The number of nitrogens with zero attached hydrogens (tertiary/aromatic N) is 4. The number of aliphatic imine (C=N–C) groups is 2. The van der Waals surface area contributed by atoms with Crippen LogP contribution in [0.4, 0.5) is 10.5 Å². The summed E-state index contributed by atoms with van der Waals surface area (Å²) in [4.78, 5) is 47.9. The van der Waals surface area contributed by atoms with Gasteiger partial charge in [0.1, 0.15) is 10.8 Å². The largest absolute Gasteiger partial charge is 0.495 e. The Labute approximate surface area is 198 Å². The molecule has 0 bridgehead atoms. The molecule has 0 saturated carbocycles. The van der Waals surface area contributed by atoms with Gasteiger partial charge in [0.2, 0.25) is 5.91 Å². The predicted octanol–water partition coefficient (Wildman–Crippen LogP) is 2.72. The predicted molar refractivity (Wildman–Crippen MR) is 125 cm³/mol. The maximum atomic E-state index is 12.9. The van der Waals surface area contributed by atoms with Gasteiger partial charge < -0.3 is 14.5 Å². The fourth-order valence-corrected chi connectivity index (χ4v) is 4.36. The molecule has 33 heavy (non-hydrogen) atoms. The molecule has 2 aliphatic heterocycles. The van der Waals surface area contributed by atoms with Gasteiger partial charge in [-0.05, 0) is 30.3 Å². The Morgan fingerprint density at radius 2 is 2.12 bits per heavy atom. The Kier molecular flexibility index (Phi) is 6.34. The summed E-state index contributed by atoms with van der Waals surface area (Å²) < 4.78 is 11.9. The second-order valence-electron chi connectivity index (χ2n) is 7.07. The van der Waals surface area contributed by atoms with Crippen molar-refractivity contribution in [1.82, 2.24) is 4.90 Å². The summed E-state index contributed by atoms with van der Waals surface area (Å²) in [6, 6.07) is 7.71. The van der Waals surface area contributed by atoms with Crippen molar-refractivity contribution in [3.63, 3.8) is 0 Å². The molecule has 1 unspecified atom stereocenters. The Morgan fingerprint density at radius 3 is 2.82 bits per heavy atom. The number of anilines is 1. The van der Waals surface area contributed by atoms with E-state index < -0.39 is 17.9 Å². The zero-order chi connectivity index (χ0) is 23.7. The van der Waals surface area contributed by atoms with E-state index in [9.17, 15) is 14.4 Å². The van der Waals surface area contributed by atoms with Gasteiger partial charge in [-0.3, -0.25) is 9.59 Å². The zero-order valence-electron chi connectivity index (χ0n) is 17.9. The van der Waals surface area contributed by atoms with Crippen LogP contribution in [-0.4, -0.2) is 71.0 Å². The summed E-state index contributed by atoms with van der Waals surface area (Å²) >= 11 is 7.10. The van der Waals surface area contributed by atoms with E-state index in [-0.39, 0.29) is 23.3 Å². The van der Waals surface area contributed by atoms with E-state index in [2.05, 4.69) is 15.3 Å².